The Kier molecular flexibility index (Phi) is 3.98. The third kappa shape index (κ3) is 2.69. The van der Waals surface area contributed by atoms with Gasteiger partial charge >= 0.3 is 0 Å². The Morgan fingerprint density at radius 2 is 2.14 bits per heavy atom. The van der Waals surface area contributed by atoms with Crippen LogP contribution in [0.25, 0.3) is 0 Å². The fourth-order valence-electron chi connectivity index (χ4n) is 4.56. The molecule has 3 heteroatoms. The van der Waals surface area contributed by atoms with Crippen LogP contribution in [0, 0.1) is 17.8 Å². The van der Waals surface area contributed by atoms with Gasteiger partial charge in [-0.15, -0.1) is 0 Å². The molecule has 0 heterocycles. The lowest BCUT2D eigenvalue weighted by molar-refractivity contribution is -0.0892. The molecule has 1 aromatic rings. The molecule has 0 unspecified atom stereocenters. The summed E-state index contributed by atoms with van der Waals surface area (Å²) in [5.41, 5.74) is 0.327. The van der Waals surface area contributed by atoms with Gasteiger partial charge in [0.1, 0.15) is 5.75 Å². The molecule has 3 nitrogen and oxygen atoms in total. The fraction of sp³-hybridized carbons (Fsp3) is 0.667. The number of hydrogen-bond donors (Lipinski definition) is 1. The molecule has 0 aliphatic heterocycles. The second kappa shape index (κ2) is 5.62. The van der Waals surface area contributed by atoms with E-state index >= 15 is 0 Å². The van der Waals surface area contributed by atoms with Crippen molar-refractivity contribution in [1.29, 1.82) is 0 Å². The van der Waals surface area contributed by atoms with Crippen LogP contribution >= 0.6 is 0 Å². The molecule has 1 N–H and O–H groups in total. The number of hydrogen-bond acceptors (Lipinski definition) is 3. The van der Waals surface area contributed by atoms with Crippen LogP contribution in [-0.4, -0.2) is 37.8 Å². The predicted molar refractivity (Wildman–Crippen MR) is 84.4 cm³/mol. The number of fused-ring (bicyclic) bond motifs is 2. The van der Waals surface area contributed by atoms with Crippen molar-refractivity contribution in [3.8, 4) is 5.75 Å². The molecule has 2 saturated carbocycles. The van der Waals surface area contributed by atoms with Crippen molar-refractivity contribution in [2.45, 2.75) is 31.3 Å². The molecule has 0 amide bonds. The van der Waals surface area contributed by atoms with Gasteiger partial charge < -0.3 is 14.7 Å². The summed E-state index contributed by atoms with van der Waals surface area (Å²) < 4.78 is 5.35. The van der Waals surface area contributed by atoms with Gasteiger partial charge in [0.2, 0.25) is 0 Å². The van der Waals surface area contributed by atoms with E-state index in [1.807, 2.05) is 18.2 Å². The Hall–Kier alpha value is -1.06. The Bertz CT molecular complexity index is 502. The van der Waals surface area contributed by atoms with Crippen molar-refractivity contribution >= 4 is 0 Å². The van der Waals surface area contributed by atoms with Crippen LogP contribution in [-0.2, 0) is 5.60 Å². The van der Waals surface area contributed by atoms with Gasteiger partial charge in [0, 0.05) is 12.5 Å². The first-order chi connectivity index (χ1) is 10.0. The van der Waals surface area contributed by atoms with Crippen molar-refractivity contribution in [2.24, 2.45) is 17.8 Å². The largest absolute Gasteiger partial charge is 0.497 e. The van der Waals surface area contributed by atoms with Crippen LogP contribution in [0.15, 0.2) is 24.3 Å². The fourth-order valence-corrected chi connectivity index (χ4v) is 4.56. The third-order valence-electron chi connectivity index (χ3n) is 5.50. The summed E-state index contributed by atoms with van der Waals surface area (Å²) in [6.45, 7) is 0.950. The van der Waals surface area contributed by atoms with Gasteiger partial charge in [0.25, 0.3) is 0 Å². The molecule has 3 rings (SSSR count). The van der Waals surface area contributed by atoms with Crippen LogP contribution in [0.4, 0.5) is 0 Å². The molecule has 0 aromatic heterocycles. The third-order valence-corrected chi connectivity index (χ3v) is 5.50. The molecule has 2 bridgehead atoms. The zero-order valence-corrected chi connectivity index (χ0v) is 13.4. The lowest BCUT2D eigenvalue weighted by Crippen LogP contribution is -2.47. The average Bonchev–Trinajstić information content (AvgIpc) is 2.87. The highest BCUT2D eigenvalue weighted by Crippen LogP contribution is 2.54. The van der Waals surface area contributed by atoms with Crippen molar-refractivity contribution in [1.82, 2.24) is 4.90 Å². The minimum atomic E-state index is -0.705. The summed E-state index contributed by atoms with van der Waals surface area (Å²) in [6, 6.07) is 8.03. The van der Waals surface area contributed by atoms with Gasteiger partial charge in [-0.2, -0.15) is 0 Å². The minimum Gasteiger partial charge on any atom is -0.497 e. The van der Waals surface area contributed by atoms with E-state index in [9.17, 15) is 5.11 Å². The maximum Gasteiger partial charge on any atom is 0.119 e. The maximum absolute atomic E-state index is 11.6. The van der Waals surface area contributed by atoms with Gasteiger partial charge in [-0.3, -0.25) is 0 Å². The van der Waals surface area contributed by atoms with E-state index in [4.69, 9.17) is 4.74 Å². The highest BCUT2D eigenvalue weighted by molar-refractivity contribution is 5.34. The molecule has 0 spiro atoms. The Labute approximate surface area is 127 Å². The van der Waals surface area contributed by atoms with Crippen LogP contribution in [0.3, 0.4) is 0 Å². The van der Waals surface area contributed by atoms with Crippen molar-refractivity contribution < 1.29 is 9.84 Å². The maximum atomic E-state index is 11.6. The zero-order chi connectivity index (χ0) is 15.0. The molecule has 2 aliphatic rings. The first-order valence-corrected chi connectivity index (χ1v) is 8.04. The summed E-state index contributed by atoms with van der Waals surface area (Å²) >= 11 is 0. The molecule has 2 fully saturated rings. The van der Waals surface area contributed by atoms with E-state index in [1.54, 1.807) is 7.11 Å². The van der Waals surface area contributed by atoms with E-state index in [0.29, 0.717) is 17.8 Å². The second-order valence-electron chi connectivity index (χ2n) is 7.17. The van der Waals surface area contributed by atoms with E-state index in [1.165, 1.54) is 19.3 Å². The minimum absolute atomic E-state index is 0.318. The van der Waals surface area contributed by atoms with E-state index in [-0.39, 0.29) is 0 Å². The molecule has 1 aromatic carbocycles. The summed E-state index contributed by atoms with van der Waals surface area (Å²) in [4.78, 5) is 2.22. The number of rotatable bonds is 4. The van der Waals surface area contributed by atoms with Crippen LogP contribution in [0.1, 0.15) is 31.2 Å². The first kappa shape index (κ1) is 14.9. The van der Waals surface area contributed by atoms with Gasteiger partial charge in [0.15, 0.2) is 0 Å². The van der Waals surface area contributed by atoms with E-state index < -0.39 is 5.60 Å². The van der Waals surface area contributed by atoms with Crippen molar-refractivity contribution in [3.63, 3.8) is 0 Å². The molecule has 116 valence electrons. The molecule has 21 heavy (non-hydrogen) atoms. The topological polar surface area (TPSA) is 32.7 Å². The first-order valence-electron chi connectivity index (χ1n) is 8.04. The molecular weight excluding hydrogens is 262 g/mol. The molecular formula is C18H27NO2. The van der Waals surface area contributed by atoms with E-state index in [2.05, 4.69) is 25.1 Å². The monoisotopic (exact) mass is 289 g/mol. The van der Waals surface area contributed by atoms with E-state index in [0.717, 1.165) is 24.3 Å². The Morgan fingerprint density at radius 1 is 1.33 bits per heavy atom. The highest BCUT2D eigenvalue weighted by atomic mass is 16.5. The van der Waals surface area contributed by atoms with Crippen LogP contribution in [0.2, 0.25) is 0 Å². The van der Waals surface area contributed by atoms with Crippen molar-refractivity contribution in [2.75, 3.05) is 27.7 Å². The van der Waals surface area contributed by atoms with Crippen LogP contribution in [0.5, 0.6) is 5.75 Å². The lowest BCUT2D eigenvalue weighted by atomic mass is 9.66. The number of benzene rings is 1. The number of aliphatic hydroxyl groups is 1. The zero-order valence-electron chi connectivity index (χ0n) is 13.4. The number of nitrogens with zero attached hydrogens (tertiary/aromatic N) is 1. The van der Waals surface area contributed by atoms with Gasteiger partial charge in [-0.1, -0.05) is 18.6 Å². The number of methoxy groups -OCH3 is 1. The van der Waals surface area contributed by atoms with Gasteiger partial charge in [0.05, 0.1) is 12.7 Å². The smallest absolute Gasteiger partial charge is 0.119 e. The van der Waals surface area contributed by atoms with Crippen LogP contribution < -0.4 is 4.74 Å². The molecule has 0 radical (unpaired) electrons. The molecule has 4 atom stereocenters. The average molecular weight is 289 g/mol. The second-order valence-corrected chi connectivity index (χ2v) is 7.17. The summed E-state index contributed by atoms with van der Waals surface area (Å²) in [7, 11) is 5.89. The van der Waals surface area contributed by atoms with Gasteiger partial charge in [-0.05, 0) is 62.9 Å². The summed E-state index contributed by atoms with van der Waals surface area (Å²) in [6.07, 6.45) is 4.75. The highest BCUT2D eigenvalue weighted by Gasteiger charge is 2.51. The standard InChI is InChI=1S/C18H27NO2/c1-19(2)12-17-14-8-7-13(9-14)11-18(17,20)15-5-4-6-16(10-15)21-3/h4-6,10,13-14,17,20H,7-9,11-12H2,1-3H3/t13-,14+,17-,18-/m0/s1. The molecule has 2 aliphatic carbocycles. The van der Waals surface area contributed by atoms with Crippen molar-refractivity contribution in [3.05, 3.63) is 29.8 Å². The normalized spacial score (nSPS) is 35.2. The molecule has 0 saturated heterocycles. The predicted octanol–water partition coefficient (Wildman–Crippen LogP) is 2.88. The number of ether oxygens (including phenoxy) is 1. The summed E-state index contributed by atoms with van der Waals surface area (Å²) in [5.74, 6) is 2.49. The Morgan fingerprint density at radius 3 is 2.86 bits per heavy atom. The lowest BCUT2D eigenvalue weighted by Gasteiger charge is -2.45. The SMILES string of the molecule is COc1cccc([C@@]2(O)C[C@H]3CC[C@H](C3)[C@@H]2CN(C)C)c1. The quantitative estimate of drug-likeness (QED) is 0.925. The summed E-state index contributed by atoms with van der Waals surface area (Å²) in [5, 5.41) is 11.6. The Balaban J connectivity index is 1.98. The van der Waals surface area contributed by atoms with Gasteiger partial charge in [-0.25, -0.2) is 0 Å².